The number of carbonyl (C=O) groups excluding carboxylic acids is 4. The van der Waals surface area contributed by atoms with Crippen molar-refractivity contribution in [2.45, 2.75) is 96.2 Å². The number of hydrogen-bond donors (Lipinski definition) is 5. The van der Waals surface area contributed by atoms with Crippen molar-refractivity contribution in [3.05, 3.63) is 0 Å². The third-order valence-electron chi connectivity index (χ3n) is 5.31. The Morgan fingerprint density at radius 2 is 1.19 bits per heavy atom. The SMILES string of the molecule is CNCCCCC(CC(=O)NC(CC(C)=O)CC(C)=O)NC(=O)CC(CCCCN)NC. The van der Waals surface area contributed by atoms with Gasteiger partial charge in [-0.25, -0.2) is 0 Å². The van der Waals surface area contributed by atoms with Gasteiger partial charge in [-0.1, -0.05) is 12.8 Å². The van der Waals surface area contributed by atoms with Crippen molar-refractivity contribution in [3.63, 3.8) is 0 Å². The molecule has 0 saturated carbocycles. The van der Waals surface area contributed by atoms with Crippen LogP contribution >= 0.6 is 0 Å². The summed E-state index contributed by atoms with van der Waals surface area (Å²) in [7, 11) is 3.73. The molecule has 0 aliphatic carbocycles. The van der Waals surface area contributed by atoms with Crippen LogP contribution in [-0.2, 0) is 19.2 Å². The fourth-order valence-corrected chi connectivity index (χ4v) is 3.69. The zero-order chi connectivity index (χ0) is 24.4. The van der Waals surface area contributed by atoms with E-state index >= 15 is 0 Å². The maximum Gasteiger partial charge on any atom is 0.222 e. The summed E-state index contributed by atoms with van der Waals surface area (Å²) >= 11 is 0. The van der Waals surface area contributed by atoms with Gasteiger partial charge in [0, 0.05) is 43.8 Å². The smallest absolute Gasteiger partial charge is 0.222 e. The highest BCUT2D eigenvalue weighted by molar-refractivity contribution is 5.83. The predicted octanol–water partition coefficient (Wildman–Crippen LogP) is 0.801. The molecule has 0 spiro atoms. The Morgan fingerprint density at radius 1 is 0.688 bits per heavy atom. The molecule has 0 aliphatic heterocycles. The third-order valence-corrected chi connectivity index (χ3v) is 5.31. The lowest BCUT2D eigenvalue weighted by atomic mass is 10.0. The summed E-state index contributed by atoms with van der Waals surface area (Å²) in [5, 5.41) is 12.1. The zero-order valence-electron chi connectivity index (χ0n) is 20.4. The molecule has 0 aromatic carbocycles. The second kappa shape index (κ2) is 18.7. The van der Waals surface area contributed by atoms with E-state index in [9.17, 15) is 19.2 Å². The van der Waals surface area contributed by atoms with Crippen molar-refractivity contribution in [1.29, 1.82) is 0 Å². The van der Waals surface area contributed by atoms with Crippen molar-refractivity contribution in [2.24, 2.45) is 5.73 Å². The highest BCUT2D eigenvalue weighted by Crippen LogP contribution is 2.09. The van der Waals surface area contributed by atoms with Gasteiger partial charge in [0.2, 0.25) is 11.8 Å². The first kappa shape index (κ1) is 30.2. The van der Waals surface area contributed by atoms with Crippen LogP contribution in [0.15, 0.2) is 0 Å². The molecule has 0 aliphatic rings. The summed E-state index contributed by atoms with van der Waals surface area (Å²) in [6.07, 6.45) is 5.95. The maximum atomic E-state index is 12.6. The summed E-state index contributed by atoms with van der Waals surface area (Å²) in [5.74, 6) is -0.514. The molecule has 6 N–H and O–H groups in total. The van der Waals surface area contributed by atoms with Crippen LogP contribution in [0.5, 0.6) is 0 Å². The van der Waals surface area contributed by atoms with Crippen LogP contribution < -0.4 is 27.0 Å². The van der Waals surface area contributed by atoms with Crippen molar-refractivity contribution in [2.75, 3.05) is 27.2 Å². The van der Waals surface area contributed by atoms with Crippen LogP contribution in [0, 0.1) is 0 Å². The van der Waals surface area contributed by atoms with Gasteiger partial charge in [-0.05, 0) is 66.7 Å². The monoisotopic (exact) mass is 455 g/mol. The first-order chi connectivity index (χ1) is 15.2. The largest absolute Gasteiger partial charge is 0.353 e. The fraction of sp³-hybridized carbons (Fsp3) is 0.826. The quantitative estimate of drug-likeness (QED) is 0.171. The average molecular weight is 456 g/mol. The minimum atomic E-state index is -0.505. The Morgan fingerprint density at radius 3 is 1.69 bits per heavy atom. The molecule has 0 fully saturated rings. The highest BCUT2D eigenvalue weighted by Gasteiger charge is 2.21. The van der Waals surface area contributed by atoms with Crippen LogP contribution in [-0.4, -0.2) is 68.7 Å². The van der Waals surface area contributed by atoms with Gasteiger partial charge in [-0.15, -0.1) is 0 Å². The number of nitrogens with one attached hydrogen (secondary N) is 4. The first-order valence-corrected chi connectivity index (χ1v) is 11.8. The van der Waals surface area contributed by atoms with Gasteiger partial charge in [-0.3, -0.25) is 19.2 Å². The Kier molecular flexibility index (Phi) is 17.6. The van der Waals surface area contributed by atoms with Crippen molar-refractivity contribution in [3.8, 4) is 0 Å². The van der Waals surface area contributed by atoms with Crippen LogP contribution in [0.2, 0.25) is 0 Å². The normalized spacial score (nSPS) is 12.9. The molecule has 9 nitrogen and oxygen atoms in total. The molecule has 0 aromatic heterocycles. The second-order valence-corrected chi connectivity index (χ2v) is 8.62. The van der Waals surface area contributed by atoms with Gasteiger partial charge >= 0.3 is 0 Å². The number of ketones is 2. The average Bonchev–Trinajstić information content (AvgIpc) is 2.69. The van der Waals surface area contributed by atoms with Gasteiger partial charge in [0.1, 0.15) is 11.6 Å². The van der Waals surface area contributed by atoms with Crippen molar-refractivity contribution < 1.29 is 19.2 Å². The summed E-state index contributed by atoms with van der Waals surface area (Å²) < 4.78 is 0. The first-order valence-electron chi connectivity index (χ1n) is 11.8. The van der Waals surface area contributed by atoms with Gasteiger partial charge in [-0.2, -0.15) is 0 Å². The second-order valence-electron chi connectivity index (χ2n) is 8.62. The molecule has 0 saturated heterocycles. The standard InChI is InChI=1S/C23H45N5O4/c1-17(29)13-21(14-18(2)30)28-23(32)16-20(10-6-8-12-25-3)27-22(31)15-19(26-4)9-5-7-11-24/h19-21,25-26H,5-16,24H2,1-4H3,(H,27,31)(H,28,32). The van der Waals surface area contributed by atoms with Crippen LogP contribution in [0.25, 0.3) is 0 Å². The molecule has 0 bridgehead atoms. The minimum absolute atomic E-state index is 0.0656. The van der Waals surface area contributed by atoms with Gasteiger partial charge in [0.25, 0.3) is 0 Å². The molecule has 0 aromatic rings. The van der Waals surface area contributed by atoms with Crippen LogP contribution in [0.4, 0.5) is 0 Å². The molecule has 2 unspecified atom stereocenters. The Balaban J connectivity index is 4.91. The van der Waals surface area contributed by atoms with E-state index in [0.29, 0.717) is 19.4 Å². The van der Waals surface area contributed by atoms with E-state index in [1.54, 1.807) is 0 Å². The number of nitrogens with two attached hydrogens (primary N) is 1. The van der Waals surface area contributed by atoms with Gasteiger partial charge < -0.3 is 27.0 Å². The maximum absolute atomic E-state index is 12.6. The lowest BCUT2D eigenvalue weighted by Crippen LogP contribution is -2.44. The van der Waals surface area contributed by atoms with E-state index in [4.69, 9.17) is 5.73 Å². The molecule has 0 radical (unpaired) electrons. The Bertz CT molecular complexity index is 555. The molecule has 9 heteroatoms. The van der Waals surface area contributed by atoms with E-state index in [2.05, 4.69) is 21.3 Å². The molecule has 2 amide bonds. The summed E-state index contributed by atoms with van der Waals surface area (Å²) in [6, 6.07) is -0.735. The molecular formula is C23H45N5O4. The Hall–Kier alpha value is -1.84. The summed E-state index contributed by atoms with van der Waals surface area (Å²) in [4.78, 5) is 48.2. The topological polar surface area (TPSA) is 142 Å². The molecule has 0 heterocycles. The van der Waals surface area contributed by atoms with E-state index in [-0.39, 0.29) is 54.7 Å². The number of Topliss-reactive ketones (excluding diaryl/α,β-unsaturated/α-hetero) is 2. The van der Waals surface area contributed by atoms with Gasteiger partial charge in [0.15, 0.2) is 0 Å². The van der Waals surface area contributed by atoms with Crippen LogP contribution in [0.3, 0.4) is 0 Å². The summed E-state index contributed by atoms with van der Waals surface area (Å²) in [5.41, 5.74) is 5.55. The summed E-state index contributed by atoms with van der Waals surface area (Å²) in [6.45, 7) is 4.39. The van der Waals surface area contributed by atoms with E-state index in [0.717, 1.165) is 38.6 Å². The minimum Gasteiger partial charge on any atom is -0.353 e. The molecular weight excluding hydrogens is 410 g/mol. The van der Waals surface area contributed by atoms with E-state index in [1.807, 2.05) is 14.1 Å². The predicted molar refractivity (Wildman–Crippen MR) is 127 cm³/mol. The number of hydrogen-bond acceptors (Lipinski definition) is 7. The van der Waals surface area contributed by atoms with E-state index < -0.39 is 6.04 Å². The lowest BCUT2D eigenvalue weighted by Gasteiger charge is -2.23. The molecule has 2 atom stereocenters. The zero-order valence-corrected chi connectivity index (χ0v) is 20.4. The van der Waals surface area contributed by atoms with Crippen molar-refractivity contribution in [1.82, 2.24) is 21.3 Å². The molecule has 186 valence electrons. The van der Waals surface area contributed by atoms with Crippen LogP contribution in [0.1, 0.15) is 78.1 Å². The van der Waals surface area contributed by atoms with Crippen molar-refractivity contribution >= 4 is 23.4 Å². The number of unbranched alkanes of at least 4 members (excludes halogenated alkanes) is 2. The third kappa shape index (κ3) is 16.8. The lowest BCUT2D eigenvalue weighted by molar-refractivity contribution is -0.124. The fourth-order valence-electron chi connectivity index (χ4n) is 3.69. The number of rotatable bonds is 20. The highest BCUT2D eigenvalue weighted by atomic mass is 16.2. The van der Waals surface area contributed by atoms with Gasteiger partial charge in [0.05, 0.1) is 0 Å². The van der Waals surface area contributed by atoms with E-state index in [1.165, 1.54) is 13.8 Å². The molecule has 0 rings (SSSR count). The Labute approximate surface area is 193 Å². The molecule has 32 heavy (non-hydrogen) atoms. The number of carbonyl (C=O) groups is 4. The number of amides is 2.